The first-order valence-electron chi connectivity index (χ1n) is 7.70. The second-order valence-corrected chi connectivity index (χ2v) is 6.30. The predicted octanol–water partition coefficient (Wildman–Crippen LogP) is 2.89. The highest BCUT2D eigenvalue weighted by molar-refractivity contribution is 8.00. The van der Waals surface area contributed by atoms with Gasteiger partial charge >= 0.3 is 0 Å². The Kier molecular flexibility index (Phi) is 4.66. The van der Waals surface area contributed by atoms with E-state index in [0.717, 1.165) is 6.42 Å². The molecule has 0 fully saturated rings. The second kappa shape index (κ2) is 6.72. The molecular weight excluding hydrogens is 330 g/mol. The van der Waals surface area contributed by atoms with Gasteiger partial charge < -0.3 is 14.2 Å². The summed E-state index contributed by atoms with van der Waals surface area (Å²) in [6, 6.07) is 3.57. The van der Waals surface area contributed by atoms with E-state index in [1.165, 1.54) is 16.4 Å². The van der Waals surface area contributed by atoms with Crippen molar-refractivity contribution in [2.75, 3.05) is 20.8 Å². The third-order valence-electron chi connectivity index (χ3n) is 3.69. The summed E-state index contributed by atoms with van der Waals surface area (Å²) in [5, 5.41) is 4.87. The molecule has 2 heterocycles. The lowest BCUT2D eigenvalue weighted by molar-refractivity contribution is 0.0892. The maximum atomic E-state index is 12.2. The minimum absolute atomic E-state index is 0.0267. The van der Waals surface area contributed by atoms with E-state index in [1.54, 1.807) is 26.4 Å². The molecule has 3 rings (SSSR count). The number of carbonyl (C=O) groups excluding carboxylic acids is 1. The number of nitrogens with zero attached hydrogens (tertiary/aromatic N) is 3. The van der Waals surface area contributed by atoms with E-state index in [4.69, 9.17) is 14.2 Å². The van der Waals surface area contributed by atoms with Gasteiger partial charge in [-0.05, 0) is 25.5 Å². The normalized spacial score (nSPS) is 16.2. The van der Waals surface area contributed by atoms with Crippen LogP contribution in [-0.4, -0.2) is 46.7 Å². The van der Waals surface area contributed by atoms with Crippen molar-refractivity contribution in [1.82, 2.24) is 14.8 Å². The van der Waals surface area contributed by atoms with E-state index >= 15 is 0 Å². The highest BCUT2D eigenvalue weighted by Gasteiger charge is 2.33. The first-order chi connectivity index (χ1) is 11.6. The van der Waals surface area contributed by atoms with Gasteiger partial charge in [0.2, 0.25) is 5.75 Å². The van der Waals surface area contributed by atoms with Gasteiger partial charge in [-0.1, -0.05) is 18.7 Å². The number of methoxy groups -OCH3 is 2. The molecule has 1 aromatic carbocycles. The molecule has 0 radical (unpaired) electrons. The van der Waals surface area contributed by atoms with Gasteiger partial charge in [-0.15, -0.1) is 5.10 Å². The Morgan fingerprint density at radius 2 is 1.88 bits per heavy atom. The van der Waals surface area contributed by atoms with Crippen LogP contribution in [0.5, 0.6) is 17.2 Å². The average molecular weight is 349 g/mol. The van der Waals surface area contributed by atoms with E-state index in [1.807, 2.05) is 13.8 Å². The standard InChI is InChI=1S/C16H19N3O4S/c1-5-12-15(20)19-16(24-12)17-14(18-19)9-7-10(21-3)13(23-6-2)11(8-9)22-4/h7-8,12H,5-6H2,1-4H3/t12-/m1/s1. The maximum Gasteiger partial charge on any atom is 0.262 e. The molecule has 24 heavy (non-hydrogen) atoms. The maximum absolute atomic E-state index is 12.2. The van der Waals surface area contributed by atoms with Gasteiger partial charge in [0, 0.05) is 5.56 Å². The van der Waals surface area contributed by atoms with Crippen molar-refractivity contribution in [2.45, 2.75) is 30.7 Å². The summed E-state index contributed by atoms with van der Waals surface area (Å²) in [6.07, 6.45) is 0.759. The van der Waals surface area contributed by atoms with Crippen molar-refractivity contribution in [2.24, 2.45) is 0 Å². The molecule has 0 amide bonds. The first-order valence-corrected chi connectivity index (χ1v) is 8.58. The van der Waals surface area contributed by atoms with E-state index in [9.17, 15) is 4.79 Å². The second-order valence-electron chi connectivity index (χ2n) is 5.13. The van der Waals surface area contributed by atoms with Gasteiger partial charge in [0.1, 0.15) is 0 Å². The number of carbonyl (C=O) groups is 1. The third kappa shape index (κ3) is 2.71. The van der Waals surface area contributed by atoms with Crippen molar-refractivity contribution in [3.05, 3.63) is 12.1 Å². The Bertz CT molecular complexity index is 750. The minimum Gasteiger partial charge on any atom is -0.493 e. The van der Waals surface area contributed by atoms with Gasteiger partial charge in [0.25, 0.3) is 5.91 Å². The average Bonchev–Trinajstić information content (AvgIpc) is 3.14. The fourth-order valence-electron chi connectivity index (χ4n) is 2.51. The molecule has 1 aromatic heterocycles. The molecule has 7 nitrogen and oxygen atoms in total. The zero-order chi connectivity index (χ0) is 17.3. The molecule has 1 aliphatic rings. The van der Waals surface area contributed by atoms with Crippen LogP contribution < -0.4 is 14.2 Å². The number of benzene rings is 1. The van der Waals surface area contributed by atoms with E-state index in [2.05, 4.69) is 10.1 Å². The Balaban J connectivity index is 2.02. The van der Waals surface area contributed by atoms with Crippen LogP contribution in [0.15, 0.2) is 17.3 Å². The summed E-state index contributed by atoms with van der Waals surface area (Å²) in [6.45, 7) is 4.36. The molecule has 8 heteroatoms. The number of rotatable bonds is 6. The fourth-order valence-corrected chi connectivity index (χ4v) is 3.50. The number of aromatic nitrogens is 3. The number of hydrogen-bond acceptors (Lipinski definition) is 7. The van der Waals surface area contributed by atoms with Crippen LogP contribution in [0.4, 0.5) is 0 Å². The molecule has 0 saturated heterocycles. The molecule has 1 atom stereocenters. The zero-order valence-electron chi connectivity index (χ0n) is 14.0. The molecule has 0 N–H and O–H groups in total. The Hall–Kier alpha value is -2.22. The molecule has 1 aliphatic heterocycles. The molecule has 0 aliphatic carbocycles. The highest BCUT2D eigenvalue weighted by atomic mass is 32.2. The monoisotopic (exact) mass is 349 g/mol. The molecule has 0 spiro atoms. The van der Waals surface area contributed by atoms with Crippen molar-refractivity contribution in [1.29, 1.82) is 0 Å². The van der Waals surface area contributed by atoms with Crippen LogP contribution in [0.2, 0.25) is 0 Å². The van der Waals surface area contributed by atoms with E-state index < -0.39 is 0 Å². The van der Waals surface area contributed by atoms with E-state index in [-0.39, 0.29) is 11.2 Å². The molecule has 0 unspecified atom stereocenters. The first kappa shape index (κ1) is 16.6. The van der Waals surface area contributed by atoms with Crippen molar-refractivity contribution >= 4 is 17.7 Å². The quantitative estimate of drug-likeness (QED) is 0.793. The number of ether oxygens (including phenoxy) is 3. The summed E-state index contributed by atoms with van der Waals surface area (Å²) >= 11 is 1.44. The zero-order valence-corrected chi connectivity index (χ0v) is 14.8. The van der Waals surface area contributed by atoms with Crippen LogP contribution in [0.3, 0.4) is 0 Å². The Morgan fingerprint density at radius 1 is 1.21 bits per heavy atom. The van der Waals surface area contributed by atoms with Gasteiger partial charge in [-0.3, -0.25) is 4.79 Å². The number of fused-ring (bicyclic) bond motifs is 1. The van der Waals surface area contributed by atoms with E-state index in [0.29, 0.717) is 40.4 Å². The Labute approximate surface area is 144 Å². The van der Waals surface area contributed by atoms with Crippen molar-refractivity contribution in [3.63, 3.8) is 0 Å². The minimum atomic E-state index is -0.0987. The van der Waals surface area contributed by atoms with Crippen LogP contribution in [0.25, 0.3) is 11.4 Å². The molecule has 0 bridgehead atoms. The lowest BCUT2D eigenvalue weighted by Crippen LogP contribution is -2.17. The predicted molar refractivity (Wildman–Crippen MR) is 90.3 cm³/mol. The van der Waals surface area contributed by atoms with Crippen molar-refractivity contribution in [3.8, 4) is 28.6 Å². The third-order valence-corrected chi connectivity index (χ3v) is 4.98. The number of thioether (sulfide) groups is 1. The number of hydrogen-bond donors (Lipinski definition) is 0. The molecule has 2 aromatic rings. The molecule has 128 valence electrons. The lowest BCUT2D eigenvalue weighted by atomic mass is 10.1. The fraction of sp³-hybridized carbons (Fsp3) is 0.438. The summed E-state index contributed by atoms with van der Waals surface area (Å²) in [7, 11) is 3.12. The van der Waals surface area contributed by atoms with Crippen LogP contribution >= 0.6 is 11.8 Å². The van der Waals surface area contributed by atoms with Gasteiger partial charge in [-0.25, -0.2) is 4.98 Å². The van der Waals surface area contributed by atoms with Gasteiger partial charge in [0.05, 0.1) is 26.1 Å². The summed E-state index contributed by atoms with van der Waals surface area (Å²) < 4.78 is 17.8. The molecule has 0 saturated carbocycles. The summed E-state index contributed by atoms with van der Waals surface area (Å²) in [5.74, 6) is 2.04. The largest absolute Gasteiger partial charge is 0.493 e. The smallest absolute Gasteiger partial charge is 0.262 e. The summed E-state index contributed by atoms with van der Waals surface area (Å²) in [5.41, 5.74) is 0.704. The topological polar surface area (TPSA) is 75.5 Å². The van der Waals surface area contributed by atoms with Gasteiger partial charge in [0.15, 0.2) is 22.5 Å². The highest BCUT2D eigenvalue weighted by Crippen LogP contribution is 2.42. The van der Waals surface area contributed by atoms with Crippen molar-refractivity contribution < 1.29 is 19.0 Å². The van der Waals surface area contributed by atoms with Crippen LogP contribution in [0.1, 0.15) is 25.1 Å². The van der Waals surface area contributed by atoms with Crippen LogP contribution in [0, 0.1) is 0 Å². The SMILES string of the molecule is CCOc1c(OC)cc(-c2nc3n(n2)C(=O)[C@@H](CC)S3)cc1OC. The lowest BCUT2D eigenvalue weighted by Gasteiger charge is -2.14. The van der Waals surface area contributed by atoms with Crippen LogP contribution in [-0.2, 0) is 0 Å². The molecular formula is C16H19N3O4S. The van der Waals surface area contributed by atoms with Gasteiger partial charge in [-0.2, -0.15) is 4.68 Å². The summed E-state index contributed by atoms with van der Waals surface area (Å²) in [4.78, 5) is 16.7. The Morgan fingerprint density at radius 3 is 2.38 bits per heavy atom.